The van der Waals surface area contributed by atoms with Gasteiger partial charge in [-0.05, 0) is 49.1 Å². The van der Waals surface area contributed by atoms with Crippen LogP contribution in [0.4, 0.5) is 5.69 Å². The van der Waals surface area contributed by atoms with Gasteiger partial charge in [-0.15, -0.1) is 0 Å². The minimum atomic E-state index is -0.479. The Morgan fingerprint density at radius 1 is 1.33 bits per heavy atom. The van der Waals surface area contributed by atoms with E-state index in [0.717, 1.165) is 30.5 Å². The molecular weight excluding hydrogens is 342 g/mol. The van der Waals surface area contributed by atoms with Gasteiger partial charge in [-0.1, -0.05) is 27.7 Å². The van der Waals surface area contributed by atoms with Crippen LogP contribution in [0.25, 0.3) is 11.0 Å². The number of anilines is 1. The molecular formula is C21H29N3O3. The molecule has 0 saturated heterocycles. The number of nitrogens with zero attached hydrogens (tertiary/aromatic N) is 1. The Kier molecular flexibility index (Phi) is 5.27. The Labute approximate surface area is 160 Å². The fourth-order valence-electron chi connectivity index (χ4n) is 3.71. The van der Waals surface area contributed by atoms with Crippen LogP contribution in [0.5, 0.6) is 0 Å². The quantitative estimate of drug-likeness (QED) is 0.788. The molecule has 2 aromatic rings. The zero-order chi connectivity index (χ0) is 19.8. The average molecular weight is 371 g/mol. The molecule has 1 atom stereocenters. The maximum absolute atomic E-state index is 12.4. The van der Waals surface area contributed by atoms with Crippen molar-refractivity contribution >= 4 is 28.6 Å². The van der Waals surface area contributed by atoms with Gasteiger partial charge in [0.1, 0.15) is 11.2 Å². The summed E-state index contributed by atoms with van der Waals surface area (Å²) in [6.07, 6.45) is 3.31. The number of amides is 1. The van der Waals surface area contributed by atoms with Gasteiger partial charge in [-0.3, -0.25) is 4.79 Å². The fraction of sp³-hybridized carbons (Fsp3) is 0.571. The van der Waals surface area contributed by atoms with Crippen LogP contribution in [0.15, 0.2) is 6.07 Å². The first-order chi connectivity index (χ1) is 12.7. The largest absolute Gasteiger partial charge is 0.461 e. The lowest BCUT2D eigenvalue weighted by molar-refractivity contribution is -0.115. The normalized spacial score (nSPS) is 16.9. The Morgan fingerprint density at radius 3 is 2.70 bits per heavy atom. The van der Waals surface area contributed by atoms with E-state index in [9.17, 15) is 9.59 Å². The number of H-pyrrole nitrogens is 1. The summed E-state index contributed by atoms with van der Waals surface area (Å²) in [5, 5.41) is 2.83. The lowest BCUT2D eigenvalue weighted by Gasteiger charge is -2.34. The zero-order valence-electron chi connectivity index (χ0n) is 16.9. The maximum Gasteiger partial charge on any atom is 0.357 e. The van der Waals surface area contributed by atoms with Gasteiger partial charge in [0.2, 0.25) is 5.91 Å². The molecule has 0 fully saturated rings. The van der Waals surface area contributed by atoms with E-state index in [0.29, 0.717) is 23.5 Å². The number of carbonyl (C=O) groups excluding carboxylic acids is 2. The van der Waals surface area contributed by atoms with Crippen LogP contribution in [-0.2, 0) is 22.4 Å². The summed E-state index contributed by atoms with van der Waals surface area (Å²) in [4.78, 5) is 32.3. The minimum absolute atomic E-state index is 0.159. The first-order valence-electron chi connectivity index (χ1n) is 9.76. The van der Waals surface area contributed by atoms with E-state index < -0.39 is 5.97 Å². The Bertz CT molecular complexity index is 877. The first kappa shape index (κ1) is 19.4. The summed E-state index contributed by atoms with van der Waals surface area (Å²) >= 11 is 0. The minimum Gasteiger partial charge on any atom is -0.461 e. The van der Waals surface area contributed by atoms with E-state index in [-0.39, 0.29) is 23.6 Å². The molecule has 0 radical (unpaired) electrons. The molecule has 2 heterocycles. The number of pyridine rings is 1. The monoisotopic (exact) mass is 371 g/mol. The molecule has 6 heteroatoms. The van der Waals surface area contributed by atoms with Crippen LogP contribution >= 0.6 is 0 Å². The second kappa shape index (κ2) is 7.33. The smallest absolute Gasteiger partial charge is 0.357 e. The van der Waals surface area contributed by atoms with Crippen LogP contribution in [0.2, 0.25) is 0 Å². The molecule has 0 aliphatic heterocycles. The lowest BCUT2D eigenvalue weighted by Crippen LogP contribution is -2.27. The predicted molar refractivity (Wildman–Crippen MR) is 106 cm³/mol. The topological polar surface area (TPSA) is 84.1 Å². The van der Waals surface area contributed by atoms with E-state index in [1.54, 1.807) is 13.8 Å². The molecule has 0 saturated carbocycles. The second-order valence-electron chi connectivity index (χ2n) is 8.29. The summed E-state index contributed by atoms with van der Waals surface area (Å²) in [7, 11) is 0. The van der Waals surface area contributed by atoms with Crippen molar-refractivity contribution in [3.05, 3.63) is 23.0 Å². The summed E-state index contributed by atoms with van der Waals surface area (Å²) in [5.41, 5.74) is 4.61. The molecule has 1 amide bonds. The molecule has 1 unspecified atom stereocenters. The number of hydrogen-bond donors (Lipinski definition) is 2. The number of ether oxygens (including phenoxy) is 1. The summed E-state index contributed by atoms with van der Waals surface area (Å²) < 4.78 is 5.15. The highest BCUT2D eigenvalue weighted by Gasteiger charge is 2.30. The second-order valence-corrected chi connectivity index (χ2v) is 8.29. The van der Waals surface area contributed by atoms with Crippen molar-refractivity contribution in [2.45, 2.75) is 60.3 Å². The molecule has 0 aromatic carbocycles. The molecule has 2 aromatic heterocycles. The third-order valence-electron chi connectivity index (χ3n) is 5.42. The number of aromatic nitrogens is 2. The number of fused-ring (bicyclic) bond motifs is 2. The number of nitrogens with one attached hydrogen (secondary N) is 2. The Hall–Kier alpha value is -2.37. The van der Waals surface area contributed by atoms with Gasteiger partial charge in [-0.25, -0.2) is 9.78 Å². The van der Waals surface area contributed by atoms with Crippen LogP contribution < -0.4 is 5.32 Å². The summed E-state index contributed by atoms with van der Waals surface area (Å²) in [6, 6.07) is 2.08. The highest BCUT2D eigenvalue weighted by atomic mass is 16.5. The fourth-order valence-corrected chi connectivity index (χ4v) is 3.71. The number of hydrogen-bond acceptors (Lipinski definition) is 4. The van der Waals surface area contributed by atoms with Gasteiger partial charge < -0.3 is 15.0 Å². The zero-order valence-corrected chi connectivity index (χ0v) is 16.9. The molecule has 3 rings (SSSR count). The number of aryl methyl sites for hydroxylation is 1. The molecule has 27 heavy (non-hydrogen) atoms. The molecule has 6 nitrogen and oxygen atoms in total. The third kappa shape index (κ3) is 3.84. The van der Waals surface area contributed by atoms with E-state index in [1.807, 2.05) is 0 Å². The number of aromatic amines is 1. The molecule has 146 valence electrons. The van der Waals surface area contributed by atoms with Crippen LogP contribution in [0.3, 0.4) is 0 Å². The molecule has 2 N–H and O–H groups in total. The van der Waals surface area contributed by atoms with E-state index in [1.165, 1.54) is 5.56 Å². The van der Waals surface area contributed by atoms with E-state index >= 15 is 0 Å². The maximum atomic E-state index is 12.4. The number of carbonyl (C=O) groups is 2. The van der Waals surface area contributed by atoms with Gasteiger partial charge >= 0.3 is 5.97 Å². The molecule has 1 aliphatic rings. The number of rotatable bonds is 4. The highest BCUT2D eigenvalue weighted by molar-refractivity contribution is 6.09. The van der Waals surface area contributed by atoms with Crippen LogP contribution in [0.1, 0.15) is 69.2 Å². The molecule has 0 spiro atoms. The predicted octanol–water partition coefficient (Wildman–Crippen LogP) is 4.24. The van der Waals surface area contributed by atoms with Crippen molar-refractivity contribution in [1.82, 2.24) is 9.97 Å². The van der Waals surface area contributed by atoms with Crippen molar-refractivity contribution in [1.29, 1.82) is 0 Å². The summed E-state index contributed by atoms with van der Waals surface area (Å²) in [6.45, 7) is 10.6. The number of esters is 1. The van der Waals surface area contributed by atoms with Gasteiger partial charge in [0.15, 0.2) is 5.69 Å². The first-order valence-corrected chi connectivity index (χ1v) is 9.76. The van der Waals surface area contributed by atoms with Gasteiger partial charge in [0.05, 0.1) is 12.1 Å². The lowest BCUT2D eigenvalue weighted by atomic mass is 9.71. The molecule has 0 bridgehead atoms. The van der Waals surface area contributed by atoms with Crippen LogP contribution in [-0.4, -0.2) is 28.5 Å². The molecule has 1 aliphatic carbocycles. The van der Waals surface area contributed by atoms with Crippen molar-refractivity contribution in [2.24, 2.45) is 11.3 Å². The Morgan fingerprint density at radius 2 is 2.07 bits per heavy atom. The van der Waals surface area contributed by atoms with E-state index in [4.69, 9.17) is 9.72 Å². The highest BCUT2D eigenvalue weighted by Crippen LogP contribution is 2.38. The van der Waals surface area contributed by atoms with Gasteiger partial charge in [-0.2, -0.15) is 0 Å². The summed E-state index contributed by atoms with van der Waals surface area (Å²) in [5.74, 6) is -0.0378. The average Bonchev–Trinajstić information content (AvgIpc) is 2.96. The van der Waals surface area contributed by atoms with Gasteiger partial charge in [0, 0.05) is 12.1 Å². The third-order valence-corrected chi connectivity index (χ3v) is 5.42. The van der Waals surface area contributed by atoms with Crippen molar-refractivity contribution < 1.29 is 14.3 Å². The van der Waals surface area contributed by atoms with Crippen molar-refractivity contribution in [3.8, 4) is 0 Å². The standard InChI is InChI=1S/C21H29N3O3/c1-6-16(25)24-18-17-15(23-19(18)20(26)27-7-2)11-12-10-13(21(3,4)5)8-9-14(12)22-17/h11,13,23H,6-10H2,1-5H3,(H,24,25). The van der Waals surface area contributed by atoms with Gasteiger partial charge in [0.25, 0.3) is 0 Å². The van der Waals surface area contributed by atoms with Crippen LogP contribution in [0, 0.1) is 11.3 Å². The van der Waals surface area contributed by atoms with Crippen molar-refractivity contribution in [2.75, 3.05) is 11.9 Å². The Balaban J connectivity index is 2.08. The SMILES string of the molecule is CCOC(=O)c1[nH]c2cc3c(nc2c1NC(=O)CC)CCC(C(C)(C)C)C3. The van der Waals surface area contributed by atoms with Crippen molar-refractivity contribution in [3.63, 3.8) is 0 Å². The van der Waals surface area contributed by atoms with E-state index in [2.05, 4.69) is 37.1 Å².